The van der Waals surface area contributed by atoms with Crippen LogP contribution in [-0.4, -0.2) is 40.1 Å². The van der Waals surface area contributed by atoms with E-state index in [-0.39, 0.29) is 30.1 Å². The second-order valence-electron chi connectivity index (χ2n) is 7.02. The number of carbonyl (C=O) groups is 1. The van der Waals surface area contributed by atoms with Crippen LogP contribution in [0.25, 0.3) is 0 Å². The minimum atomic E-state index is -0.206. The molecule has 2 bridgehead atoms. The summed E-state index contributed by atoms with van der Waals surface area (Å²) in [7, 11) is 0. The number of piperidine rings is 1. The first kappa shape index (κ1) is 14.3. The van der Waals surface area contributed by atoms with Crippen molar-refractivity contribution < 1.29 is 9.90 Å². The first-order valence-corrected chi connectivity index (χ1v) is 8.42. The van der Waals surface area contributed by atoms with Gasteiger partial charge >= 0.3 is 0 Å². The second-order valence-corrected chi connectivity index (χ2v) is 7.02. The number of fused-ring (bicyclic) bond motifs is 2. The summed E-state index contributed by atoms with van der Waals surface area (Å²) in [6.45, 7) is 0. The van der Waals surface area contributed by atoms with Gasteiger partial charge in [0.05, 0.1) is 12.0 Å². The maximum atomic E-state index is 13.0. The highest BCUT2D eigenvalue weighted by molar-refractivity contribution is 5.80. The summed E-state index contributed by atoms with van der Waals surface area (Å²) in [6.07, 6.45) is 10.2. The van der Waals surface area contributed by atoms with Gasteiger partial charge < -0.3 is 15.7 Å². The second kappa shape index (κ2) is 6.02. The Labute approximate surface area is 121 Å². The molecule has 3 rings (SSSR count). The van der Waals surface area contributed by atoms with Crippen LogP contribution in [0.2, 0.25) is 0 Å². The SMILES string of the molecule is N[C@@H]1CCCCCC[C@@H]1C(=O)N1[C@H]2CC[C@H]1CC(O)C2. The average Bonchev–Trinajstić information content (AvgIpc) is 2.66. The fourth-order valence-corrected chi connectivity index (χ4v) is 4.52. The zero-order chi connectivity index (χ0) is 14.1. The van der Waals surface area contributed by atoms with Crippen LogP contribution in [0.1, 0.15) is 64.2 Å². The number of rotatable bonds is 1. The molecule has 0 spiro atoms. The molecule has 2 aliphatic heterocycles. The first-order chi connectivity index (χ1) is 9.66. The van der Waals surface area contributed by atoms with Gasteiger partial charge in [0.1, 0.15) is 0 Å². The van der Waals surface area contributed by atoms with Gasteiger partial charge in [-0.25, -0.2) is 0 Å². The van der Waals surface area contributed by atoms with E-state index in [4.69, 9.17) is 5.73 Å². The summed E-state index contributed by atoms with van der Waals surface area (Å²) < 4.78 is 0. The third-order valence-corrected chi connectivity index (χ3v) is 5.60. The van der Waals surface area contributed by atoms with Gasteiger partial charge in [-0.3, -0.25) is 4.79 Å². The highest BCUT2D eigenvalue weighted by Gasteiger charge is 2.45. The lowest BCUT2D eigenvalue weighted by Gasteiger charge is -2.40. The minimum Gasteiger partial charge on any atom is -0.393 e. The summed E-state index contributed by atoms with van der Waals surface area (Å²) >= 11 is 0. The lowest BCUT2D eigenvalue weighted by Crippen LogP contribution is -2.53. The summed E-state index contributed by atoms with van der Waals surface area (Å²) in [5.41, 5.74) is 6.30. The predicted molar refractivity (Wildman–Crippen MR) is 78.1 cm³/mol. The molecule has 3 aliphatic rings. The van der Waals surface area contributed by atoms with Gasteiger partial charge in [0, 0.05) is 18.1 Å². The summed E-state index contributed by atoms with van der Waals surface area (Å²) in [5, 5.41) is 9.87. The van der Waals surface area contributed by atoms with Crippen molar-refractivity contribution >= 4 is 5.91 Å². The van der Waals surface area contributed by atoms with Gasteiger partial charge in [-0.1, -0.05) is 25.7 Å². The zero-order valence-corrected chi connectivity index (χ0v) is 12.3. The van der Waals surface area contributed by atoms with Gasteiger partial charge in [-0.2, -0.15) is 0 Å². The zero-order valence-electron chi connectivity index (χ0n) is 12.3. The summed E-state index contributed by atoms with van der Waals surface area (Å²) in [4.78, 5) is 15.1. The quantitative estimate of drug-likeness (QED) is 0.769. The molecule has 3 fully saturated rings. The number of nitrogens with zero attached hydrogens (tertiary/aromatic N) is 1. The smallest absolute Gasteiger partial charge is 0.227 e. The molecular weight excluding hydrogens is 252 g/mol. The van der Waals surface area contributed by atoms with Gasteiger partial charge in [0.25, 0.3) is 0 Å². The Morgan fingerprint density at radius 3 is 2.20 bits per heavy atom. The molecule has 0 aromatic rings. The van der Waals surface area contributed by atoms with Crippen molar-refractivity contribution in [3.8, 4) is 0 Å². The van der Waals surface area contributed by atoms with Crippen LogP contribution in [0.15, 0.2) is 0 Å². The minimum absolute atomic E-state index is 0.0219. The highest BCUT2D eigenvalue weighted by atomic mass is 16.3. The number of aliphatic hydroxyl groups is 1. The van der Waals surface area contributed by atoms with Crippen LogP contribution in [0.5, 0.6) is 0 Å². The Hall–Kier alpha value is -0.610. The van der Waals surface area contributed by atoms with E-state index in [0.29, 0.717) is 5.91 Å². The monoisotopic (exact) mass is 280 g/mol. The standard InChI is InChI=1S/C16H28N2O2/c17-15-6-4-2-1-3-5-14(15)16(20)18-11-7-8-12(18)10-13(19)9-11/h11-15,19H,1-10,17H2/t11-,12-,14-,15+/m0/s1. The number of carbonyl (C=O) groups excluding carboxylic acids is 1. The predicted octanol–water partition coefficient (Wildman–Crippen LogP) is 1.80. The third-order valence-electron chi connectivity index (χ3n) is 5.60. The van der Waals surface area contributed by atoms with Crippen molar-refractivity contribution in [3.05, 3.63) is 0 Å². The molecule has 2 heterocycles. The van der Waals surface area contributed by atoms with Gasteiger partial charge in [0.15, 0.2) is 0 Å². The molecule has 4 nitrogen and oxygen atoms in total. The van der Waals surface area contributed by atoms with Crippen molar-refractivity contribution in [1.82, 2.24) is 4.90 Å². The topological polar surface area (TPSA) is 66.6 Å². The molecule has 4 heteroatoms. The van der Waals surface area contributed by atoms with E-state index in [1.54, 1.807) is 0 Å². The van der Waals surface area contributed by atoms with E-state index in [0.717, 1.165) is 51.4 Å². The molecule has 0 unspecified atom stereocenters. The molecule has 0 radical (unpaired) electrons. The highest BCUT2D eigenvalue weighted by Crippen LogP contribution is 2.38. The molecule has 114 valence electrons. The molecule has 1 aliphatic carbocycles. The number of amides is 1. The van der Waals surface area contributed by atoms with Crippen molar-refractivity contribution in [3.63, 3.8) is 0 Å². The molecule has 0 aromatic heterocycles. The Kier molecular flexibility index (Phi) is 4.32. The molecule has 0 aromatic carbocycles. The molecule has 1 saturated carbocycles. The third kappa shape index (κ3) is 2.73. The number of aliphatic hydroxyl groups excluding tert-OH is 1. The van der Waals surface area contributed by atoms with E-state index < -0.39 is 0 Å². The Balaban J connectivity index is 1.71. The molecule has 2 saturated heterocycles. The van der Waals surface area contributed by atoms with Crippen LogP contribution in [0, 0.1) is 5.92 Å². The van der Waals surface area contributed by atoms with Crippen molar-refractivity contribution in [2.24, 2.45) is 11.7 Å². The molecule has 20 heavy (non-hydrogen) atoms. The Bertz CT molecular complexity index is 346. The fraction of sp³-hybridized carbons (Fsp3) is 0.938. The van der Waals surface area contributed by atoms with E-state index in [1.807, 2.05) is 0 Å². The normalized spacial score (nSPS) is 42.1. The van der Waals surface area contributed by atoms with E-state index in [2.05, 4.69) is 4.90 Å². The fourth-order valence-electron chi connectivity index (χ4n) is 4.52. The van der Waals surface area contributed by atoms with Crippen LogP contribution in [0.3, 0.4) is 0 Å². The van der Waals surface area contributed by atoms with Crippen molar-refractivity contribution in [2.75, 3.05) is 0 Å². The van der Waals surface area contributed by atoms with E-state index in [1.165, 1.54) is 12.8 Å². The molecule has 4 atom stereocenters. The Morgan fingerprint density at radius 2 is 1.55 bits per heavy atom. The lowest BCUT2D eigenvalue weighted by molar-refractivity contribution is -0.143. The molecular formula is C16H28N2O2. The summed E-state index contributed by atoms with van der Waals surface area (Å²) in [5.74, 6) is 0.312. The van der Waals surface area contributed by atoms with Gasteiger partial charge in [-0.15, -0.1) is 0 Å². The van der Waals surface area contributed by atoms with Crippen LogP contribution in [-0.2, 0) is 4.79 Å². The maximum Gasteiger partial charge on any atom is 0.227 e. The largest absolute Gasteiger partial charge is 0.393 e. The lowest BCUT2D eigenvalue weighted by atomic mass is 9.85. The Morgan fingerprint density at radius 1 is 0.950 bits per heavy atom. The number of hydrogen-bond acceptors (Lipinski definition) is 3. The van der Waals surface area contributed by atoms with E-state index >= 15 is 0 Å². The van der Waals surface area contributed by atoms with Crippen LogP contribution >= 0.6 is 0 Å². The average molecular weight is 280 g/mol. The van der Waals surface area contributed by atoms with Gasteiger partial charge in [-0.05, 0) is 38.5 Å². The summed E-state index contributed by atoms with van der Waals surface area (Å²) in [6, 6.07) is 0.580. The van der Waals surface area contributed by atoms with Crippen LogP contribution < -0.4 is 5.73 Å². The van der Waals surface area contributed by atoms with E-state index in [9.17, 15) is 9.90 Å². The van der Waals surface area contributed by atoms with Crippen molar-refractivity contribution in [2.45, 2.75) is 88.4 Å². The first-order valence-electron chi connectivity index (χ1n) is 8.42. The van der Waals surface area contributed by atoms with Gasteiger partial charge in [0.2, 0.25) is 5.91 Å². The molecule has 1 amide bonds. The maximum absolute atomic E-state index is 13.0. The number of hydrogen-bond donors (Lipinski definition) is 2. The van der Waals surface area contributed by atoms with Crippen LogP contribution in [0.4, 0.5) is 0 Å². The molecule has 3 N–H and O–H groups in total. The van der Waals surface area contributed by atoms with Crippen molar-refractivity contribution in [1.29, 1.82) is 0 Å². The number of nitrogens with two attached hydrogens (primary N) is 1.